The Labute approximate surface area is 170 Å². The lowest BCUT2D eigenvalue weighted by molar-refractivity contribution is 0.104. The third-order valence-corrected chi connectivity index (χ3v) is 4.62. The first-order valence-electron chi connectivity index (χ1n) is 9.06. The van der Waals surface area contributed by atoms with Gasteiger partial charge in [0, 0.05) is 11.6 Å². The van der Waals surface area contributed by atoms with Crippen LogP contribution in [0.5, 0.6) is 28.7 Å². The number of rotatable bonds is 6. The standard InChI is InChI=1S/C23H24O6/c1-23(2)11-10-16-18(29-23)9-7-15(22(16)25)17(24)8-6-14-12-20(27-4)21(28-5)13-19(14)26-3/h6-13,25H,1-5H3/b8-6+. The Morgan fingerprint density at radius 3 is 2.34 bits per heavy atom. The minimum Gasteiger partial charge on any atom is -0.506 e. The summed E-state index contributed by atoms with van der Waals surface area (Å²) >= 11 is 0. The molecule has 2 aromatic rings. The van der Waals surface area contributed by atoms with E-state index >= 15 is 0 Å². The van der Waals surface area contributed by atoms with Crippen molar-refractivity contribution in [2.45, 2.75) is 19.4 Å². The van der Waals surface area contributed by atoms with E-state index in [-0.39, 0.29) is 17.1 Å². The average molecular weight is 396 g/mol. The maximum absolute atomic E-state index is 12.7. The largest absolute Gasteiger partial charge is 0.506 e. The zero-order chi connectivity index (χ0) is 21.2. The molecule has 1 heterocycles. The van der Waals surface area contributed by atoms with Crippen LogP contribution in [0, 0.1) is 0 Å². The van der Waals surface area contributed by atoms with Crippen molar-refractivity contribution in [2.75, 3.05) is 21.3 Å². The lowest BCUT2D eigenvalue weighted by Gasteiger charge is -2.28. The summed E-state index contributed by atoms with van der Waals surface area (Å²) in [5.41, 5.74) is 0.857. The van der Waals surface area contributed by atoms with E-state index in [2.05, 4.69) is 0 Å². The Morgan fingerprint density at radius 2 is 1.69 bits per heavy atom. The van der Waals surface area contributed by atoms with E-state index in [0.717, 1.165) is 0 Å². The lowest BCUT2D eigenvalue weighted by Crippen LogP contribution is -2.27. The van der Waals surface area contributed by atoms with Crippen LogP contribution in [0.25, 0.3) is 12.2 Å². The third-order valence-electron chi connectivity index (χ3n) is 4.62. The molecule has 0 spiro atoms. The van der Waals surface area contributed by atoms with E-state index in [1.165, 1.54) is 27.4 Å². The number of carbonyl (C=O) groups is 1. The number of fused-ring (bicyclic) bond motifs is 1. The first-order valence-corrected chi connectivity index (χ1v) is 9.06. The minimum atomic E-state index is -0.463. The highest BCUT2D eigenvalue weighted by molar-refractivity contribution is 6.09. The number of methoxy groups -OCH3 is 3. The number of allylic oxidation sites excluding steroid dienone is 1. The van der Waals surface area contributed by atoms with Crippen LogP contribution in [0.15, 0.2) is 36.4 Å². The maximum Gasteiger partial charge on any atom is 0.189 e. The second kappa shape index (κ2) is 7.91. The molecule has 6 heteroatoms. The van der Waals surface area contributed by atoms with Crippen molar-refractivity contribution in [3.8, 4) is 28.7 Å². The fourth-order valence-electron chi connectivity index (χ4n) is 3.08. The third kappa shape index (κ3) is 4.06. The fraction of sp³-hybridized carbons (Fsp3) is 0.261. The van der Waals surface area contributed by atoms with Gasteiger partial charge >= 0.3 is 0 Å². The normalized spacial score (nSPS) is 14.2. The molecule has 0 fully saturated rings. The van der Waals surface area contributed by atoms with Gasteiger partial charge in [-0.15, -0.1) is 0 Å². The molecule has 0 unspecified atom stereocenters. The molecule has 0 bridgehead atoms. The van der Waals surface area contributed by atoms with Crippen LogP contribution in [0.4, 0.5) is 0 Å². The van der Waals surface area contributed by atoms with Crippen LogP contribution in [-0.4, -0.2) is 37.8 Å². The number of phenols is 1. The van der Waals surface area contributed by atoms with Gasteiger partial charge in [-0.3, -0.25) is 4.79 Å². The Bertz CT molecular complexity index is 1000. The van der Waals surface area contributed by atoms with E-state index in [9.17, 15) is 9.90 Å². The summed E-state index contributed by atoms with van der Waals surface area (Å²) in [4.78, 5) is 12.7. The number of benzene rings is 2. The van der Waals surface area contributed by atoms with Crippen LogP contribution in [0.2, 0.25) is 0 Å². The highest BCUT2D eigenvalue weighted by Crippen LogP contribution is 2.39. The topological polar surface area (TPSA) is 74.2 Å². The van der Waals surface area contributed by atoms with Crippen molar-refractivity contribution >= 4 is 17.9 Å². The van der Waals surface area contributed by atoms with Crippen LogP contribution < -0.4 is 18.9 Å². The number of aromatic hydroxyl groups is 1. The molecule has 1 aliphatic rings. The zero-order valence-corrected chi connectivity index (χ0v) is 17.1. The Morgan fingerprint density at radius 1 is 1.03 bits per heavy atom. The molecule has 0 radical (unpaired) electrons. The number of ketones is 1. The molecule has 0 saturated heterocycles. The van der Waals surface area contributed by atoms with E-state index in [4.69, 9.17) is 18.9 Å². The van der Waals surface area contributed by atoms with E-state index in [0.29, 0.717) is 34.1 Å². The van der Waals surface area contributed by atoms with Gasteiger partial charge in [-0.1, -0.05) is 0 Å². The molecule has 152 valence electrons. The summed E-state index contributed by atoms with van der Waals surface area (Å²) in [6.45, 7) is 3.84. The first kappa shape index (κ1) is 20.3. The lowest BCUT2D eigenvalue weighted by atomic mass is 9.98. The summed E-state index contributed by atoms with van der Waals surface area (Å²) in [6, 6.07) is 6.65. The van der Waals surface area contributed by atoms with Gasteiger partial charge in [0.15, 0.2) is 17.3 Å². The van der Waals surface area contributed by atoms with Crippen molar-refractivity contribution in [1.82, 2.24) is 0 Å². The van der Waals surface area contributed by atoms with Crippen molar-refractivity contribution in [3.63, 3.8) is 0 Å². The number of ether oxygens (including phenoxy) is 4. The van der Waals surface area contributed by atoms with Crippen LogP contribution in [-0.2, 0) is 0 Å². The number of hydrogen-bond donors (Lipinski definition) is 1. The minimum absolute atomic E-state index is 0.108. The van der Waals surface area contributed by atoms with Gasteiger partial charge in [-0.05, 0) is 56.4 Å². The van der Waals surface area contributed by atoms with Crippen molar-refractivity contribution < 1.29 is 28.8 Å². The molecule has 6 nitrogen and oxygen atoms in total. The molecule has 0 saturated carbocycles. The number of hydrogen-bond acceptors (Lipinski definition) is 6. The van der Waals surface area contributed by atoms with Gasteiger partial charge < -0.3 is 24.1 Å². The zero-order valence-electron chi connectivity index (χ0n) is 17.1. The van der Waals surface area contributed by atoms with Gasteiger partial charge in [-0.2, -0.15) is 0 Å². The van der Waals surface area contributed by atoms with Gasteiger partial charge in [0.05, 0.1) is 32.5 Å². The number of carbonyl (C=O) groups excluding carboxylic acids is 1. The molecule has 0 aliphatic carbocycles. The molecule has 2 aromatic carbocycles. The highest BCUT2D eigenvalue weighted by atomic mass is 16.5. The summed E-state index contributed by atoms with van der Waals surface area (Å²) in [7, 11) is 4.60. The molecule has 3 rings (SSSR count). The van der Waals surface area contributed by atoms with E-state index in [1.807, 2.05) is 19.9 Å². The summed E-state index contributed by atoms with van der Waals surface area (Å²) in [5.74, 6) is 1.65. The SMILES string of the molecule is COc1cc(OC)c(OC)cc1/C=C/C(=O)c1ccc2c(c1O)C=CC(C)(C)O2. The molecular weight excluding hydrogens is 372 g/mol. The molecule has 0 amide bonds. The second-order valence-corrected chi connectivity index (χ2v) is 7.06. The molecule has 1 N–H and O–H groups in total. The summed E-state index contributed by atoms with van der Waals surface area (Å²) in [5, 5.41) is 10.6. The smallest absolute Gasteiger partial charge is 0.189 e. The van der Waals surface area contributed by atoms with Crippen molar-refractivity contribution in [2.24, 2.45) is 0 Å². The summed E-state index contributed by atoms with van der Waals surface area (Å²) < 4.78 is 21.8. The quantitative estimate of drug-likeness (QED) is 0.573. The van der Waals surface area contributed by atoms with Gasteiger partial charge in [-0.25, -0.2) is 0 Å². The van der Waals surface area contributed by atoms with Crippen LogP contribution >= 0.6 is 0 Å². The van der Waals surface area contributed by atoms with Crippen LogP contribution in [0.3, 0.4) is 0 Å². The molecular formula is C23H24O6. The molecule has 0 atom stereocenters. The Hall–Kier alpha value is -3.41. The number of phenolic OH excluding ortho intramolecular Hbond substituents is 1. The van der Waals surface area contributed by atoms with Gasteiger partial charge in [0.1, 0.15) is 22.8 Å². The summed E-state index contributed by atoms with van der Waals surface area (Å²) in [6.07, 6.45) is 6.60. The average Bonchev–Trinajstić information content (AvgIpc) is 2.70. The van der Waals surface area contributed by atoms with Gasteiger partial charge in [0.2, 0.25) is 0 Å². The predicted molar refractivity (Wildman–Crippen MR) is 111 cm³/mol. The molecule has 29 heavy (non-hydrogen) atoms. The van der Waals surface area contributed by atoms with Crippen molar-refractivity contribution in [3.05, 3.63) is 53.1 Å². The van der Waals surface area contributed by atoms with E-state index in [1.54, 1.807) is 36.4 Å². The maximum atomic E-state index is 12.7. The predicted octanol–water partition coefficient (Wildman–Crippen LogP) is 4.50. The second-order valence-electron chi connectivity index (χ2n) is 7.06. The first-order chi connectivity index (χ1) is 13.8. The monoisotopic (exact) mass is 396 g/mol. The van der Waals surface area contributed by atoms with E-state index < -0.39 is 5.60 Å². The van der Waals surface area contributed by atoms with Gasteiger partial charge in [0.25, 0.3) is 0 Å². The molecule has 0 aromatic heterocycles. The fourth-order valence-corrected chi connectivity index (χ4v) is 3.08. The Kier molecular flexibility index (Phi) is 5.55. The van der Waals surface area contributed by atoms with Crippen LogP contribution in [0.1, 0.15) is 35.3 Å². The highest BCUT2D eigenvalue weighted by Gasteiger charge is 2.25. The van der Waals surface area contributed by atoms with Crippen molar-refractivity contribution in [1.29, 1.82) is 0 Å². The Balaban J connectivity index is 1.93. The molecule has 1 aliphatic heterocycles.